The van der Waals surface area contributed by atoms with Crippen molar-refractivity contribution in [1.29, 1.82) is 0 Å². The van der Waals surface area contributed by atoms with Crippen LogP contribution in [0.2, 0.25) is 0 Å². The maximum Gasteiger partial charge on any atom is 0.261 e. The van der Waals surface area contributed by atoms with Crippen LogP contribution in [0.5, 0.6) is 0 Å². The number of nitrogens with zero attached hydrogens (tertiary/aromatic N) is 2. The fraction of sp³-hybridized carbons (Fsp3) is 0.185. The molecule has 4 aromatic rings. The second kappa shape index (κ2) is 11.0. The predicted octanol–water partition coefficient (Wildman–Crippen LogP) is 4.65. The molecule has 0 bridgehead atoms. The molecule has 1 heterocycles. The molecule has 0 saturated heterocycles. The first-order chi connectivity index (χ1) is 18.7. The lowest BCUT2D eigenvalue weighted by molar-refractivity contribution is 0.580. The van der Waals surface area contributed by atoms with E-state index < -0.39 is 20.0 Å². The Morgan fingerprint density at radius 2 is 1.51 bits per heavy atom. The Labute approximate surface area is 228 Å². The summed E-state index contributed by atoms with van der Waals surface area (Å²) in [7, 11) is -7.06. The van der Waals surface area contributed by atoms with Crippen LogP contribution in [-0.2, 0) is 26.6 Å². The molecule has 1 saturated carbocycles. The highest BCUT2D eigenvalue weighted by molar-refractivity contribution is 7.92. The molecular weight excluding hydrogens is 536 g/mol. The van der Waals surface area contributed by atoms with Crippen molar-refractivity contribution >= 4 is 48.9 Å². The maximum absolute atomic E-state index is 12.9. The lowest BCUT2D eigenvalue weighted by Crippen LogP contribution is -2.26. The molecule has 202 valence electrons. The van der Waals surface area contributed by atoms with E-state index >= 15 is 0 Å². The van der Waals surface area contributed by atoms with Crippen molar-refractivity contribution < 1.29 is 16.8 Å². The summed E-state index contributed by atoms with van der Waals surface area (Å²) in [6.45, 7) is 2.07. The molecule has 0 spiro atoms. The number of para-hydroxylation sites is 1. The summed E-state index contributed by atoms with van der Waals surface area (Å²) < 4.78 is 55.2. The standard InChI is InChI=1S/C27H28N6O4S2/c1-19-17-28-27(31-23-11-6-12-25(16-23)39(36,37)33-21-8-3-2-4-9-21)32-26(19)30-22-10-5-7-20(15-22)18-29-38(34,35)24-13-14-24/h2-12,15-17,24,29,33H,13-14,18H2,1H3,(H2,28,30,31,32). The highest BCUT2D eigenvalue weighted by Crippen LogP contribution is 2.28. The molecule has 5 rings (SSSR count). The number of hydrogen-bond donors (Lipinski definition) is 4. The first-order valence-corrected chi connectivity index (χ1v) is 15.3. The predicted molar refractivity (Wildman–Crippen MR) is 152 cm³/mol. The number of rotatable bonds is 11. The normalized spacial score (nSPS) is 13.6. The van der Waals surface area contributed by atoms with E-state index in [-0.39, 0.29) is 22.6 Å². The number of aryl methyl sites for hydroxylation is 1. The summed E-state index contributed by atoms with van der Waals surface area (Å²) in [6.07, 6.45) is 3.08. The largest absolute Gasteiger partial charge is 0.340 e. The number of aromatic nitrogens is 2. The number of anilines is 5. The topological polar surface area (TPSA) is 142 Å². The minimum absolute atomic E-state index is 0.0935. The number of benzene rings is 3. The SMILES string of the molecule is Cc1cnc(Nc2cccc(S(=O)(=O)Nc3ccccc3)c2)nc1Nc1cccc(CNS(=O)(=O)C2CC2)c1. The van der Waals surface area contributed by atoms with Gasteiger partial charge >= 0.3 is 0 Å². The van der Waals surface area contributed by atoms with Crippen LogP contribution in [0.25, 0.3) is 0 Å². The molecule has 1 aliphatic rings. The summed E-state index contributed by atoms with van der Waals surface area (Å²) in [6, 6.07) is 22.5. The molecule has 39 heavy (non-hydrogen) atoms. The fourth-order valence-corrected chi connectivity index (χ4v) is 6.26. The summed E-state index contributed by atoms with van der Waals surface area (Å²) in [4.78, 5) is 8.98. The van der Waals surface area contributed by atoms with E-state index in [9.17, 15) is 16.8 Å². The third-order valence-electron chi connectivity index (χ3n) is 6.03. The van der Waals surface area contributed by atoms with Crippen LogP contribution >= 0.6 is 0 Å². The first kappa shape index (κ1) is 26.6. The highest BCUT2D eigenvalue weighted by atomic mass is 32.2. The maximum atomic E-state index is 12.9. The molecule has 0 unspecified atom stereocenters. The third-order valence-corrected chi connectivity index (χ3v) is 9.30. The van der Waals surface area contributed by atoms with Gasteiger partial charge in [0.05, 0.1) is 10.1 Å². The van der Waals surface area contributed by atoms with Gasteiger partial charge in [0.1, 0.15) is 5.82 Å². The van der Waals surface area contributed by atoms with E-state index in [0.29, 0.717) is 30.0 Å². The minimum atomic E-state index is -3.79. The van der Waals surface area contributed by atoms with Crippen molar-refractivity contribution in [2.75, 3.05) is 15.4 Å². The fourth-order valence-electron chi connectivity index (χ4n) is 3.80. The molecule has 10 nitrogen and oxygen atoms in total. The molecule has 3 aromatic carbocycles. The lowest BCUT2D eigenvalue weighted by atomic mass is 10.2. The molecule has 12 heteroatoms. The van der Waals surface area contributed by atoms with Gasteiger partial charge in [-0.25, -0.2) is 26.5 Å². The Hall–Kier alpha value is -4.00. The minimum Gasteiger partial charge on any atom is -0.340 e. The average molecular weight is 565 g/mol. The van der Waals surface area contributed by atoms with Crippen molar-refractivity contribution in [2.24, 2.45) is 0 Å². The van der Waals surface area contributed by atoms with Gasteiger partial charge in [-0.15, -0.1) is 0 Å². The van der Waals surface area contributed by atoms with Crippen LogP contribution < -0.4 is 20.1 Å². The summed E-state index contributed by atoms with van der Waals surface area (Å²) in [5.41, 5.74) is 3.33. The zero-order chi connectivity index (χ0) is 27.5. The van der Waals surface area contributed by atoms with Gasteiger partial charge in [0.2, 0.25) is 16.0 Å². The van der Waals surface area contributed by atoms with Crippen LogP contribution in [0.4, 0.5) is 28.8 Å². The average Bonchev–Trinajstić information content (AvgIpc) is 3.77. The number of nitrogens with one attached hydrogen (secondary N) is 4. The second-order valence-corrected chi connectivity index (χ2v) is 13.0. The first-order valence-electron chi connectivity index (χ1n) is 12.3. The number of hydrogen-bond acceptors (Lipinski definition) is 8. The van der Waals surface area contributed by atoms with Gasteiger partial charge in [-0.2, -0.15) is 4.98 Å². The smallest absolute Gasteiger partial charge is 0.261 e. The van der Waals surface area contributed by atoms with Crippen molar-refractivity contribution in [2.45, 2.75) is 36.5 Å². The van der Waals surface area contributed by atoms with Crippen molar-refractivity contribution in [3.8, 4) is 0 Å². The van der Waals surface area contributed by atoms with E-state index in [0.717, 1.165) is 16.8 Å². The Morgan fingerprint density at radius 3 is 2.26 bits per heavy atom. The molecule has 0 atom stereocenters. The van der Waals surface area contributed by atoms with Crippen LogP contribution in [-0.4, -0.2) is 32.1 Å². The molecule has 1 aliphatic carbocycles. The zero-order valence-corrected chi connectivity index (χ0v) is 22.8. The Morgan fingerprint density at radius 1 is 0.821 bits per heavy atom. The summed E-state index contributed by atoms with van der Waals surface area (Å²) in [5.74, 6) is 0.833. The Bertz CT molecular complexity index is 1690. The lowest BCUT2D eigenvalue weighted by Gasteiger charge is -2.13. The van der Waals surface area contributed by atoms with Gasteiger partial charge in [0.25, 0.3) is 10.0 Å². The van der Waals surface area contributed by atoms with Gasteiger partial charge in [0, 0.05) is 35.4 Å². The quantitative estimate of drug-likeness (QED) is 0.206. The monoisotopic (exact) mass is 564 g/mol. The van der Waals surface area contributed by atoms with Crippen molar-refractivity contribution in [3.63, 3.8) is 0 Å². The van der Waals surface area contributed by atoms with E-state index in [2.05, 4.69) is 30.0 Å². The molecular formula is C27H28N6O4S2. The van der Waals surface area contributed by atoms with Gasteiger partial charge in [-0.1, -0.05) is 36.4 Å². The van der Waals surface area contributed by atoms with Crippen LogP contribution in [0.3, 0.4) is 0 Å². The van der Waals surface area contributed by atoms with Crippen molar-refractivity contribution in [3.05, 3.63) is 96.2 Å². The van der Waals surface area contributed by atoms with E-state index in [1.807, 2.05) is 37.3 Å². The van der Waals surface area contributed by atoms with Crippen LogP contribution in [0, 0.1) is 6.92 Å². The molecule has 4 N–H and O–H groups in total. The van der Waals surface area contributed by atoms with Crippen molar-refractivity contribution in [1.82, 2.24) is 14.7 Å². The van der Waals surface area contributed by atoms with Crippen LogP contribution in [0.15, 0.2) is 90.0 Å². The van der Waals surface area contributed by atoms with Gasteiger partial charge in [-0.05, 0) is 67.8 Å². The molecule has 1 fully saturated rings. The molecule has 0 aliphatic heterocycles. The zero-order valence-electron chi connectivity index (χ0n) is 21.1. The van der Waals surface area contributed by atoms with Gasteiger partial charge in [-0.3, -0.25) is 4.72 Å². The molecule has 0 amide bonds. The van der Waals surface area contributed by atoms with Gasteiger partial charge in [0.15, 0.2) is 0 Å². The summed E-state index contributed by atoms with van der Waals surface area (Å²) in [5, 5.41) is 6.06. The van der Waals surface area contributed by atoms with Gasteiger partial charge < -0.3 is 10.6 Å². The van der Waals surface area contributed by atoms with Crippen LogP contribution in [0.1, 0.15) is 24.0 Å². The number of sulfonamides is 2. The van der Waals surface area contributed by atoms with E-state index in [4.69, 9.17) is 0 Å². The third kappa shape index (κ3) is 6.91. The summed E-state index contributed by atoms with van der Waals surface area (Å²) >= 11 is 0. The molecule has 0 radical (unpaired) electrons. The second-order valence-electron chi connectivity index (χ2n) is 9.24. The molecule has 1 aromatic heterocycles. The highest BCUT2D eigenvalue weighted by Gasteiger charge is 2.35. The Balaban J connectivity index is 1.29. The Kier molecular flexibility index (Phi) is 7.51. The van der Waals surface area contributed by atoms with E-state index in [1.54, 1.807) is 42.6 Å². The van der Waals surface area contributed by atoms with E-state index in [1.165, 1.54) is 12.1 Å².